The third kappa shape index (κ3) is 3.70. The van der Waals surface area contributed by atoms with E-state index in [9.17, 15) is 17.6 Å². The van der Waals surface area contributed by atoms with Crippen LogP contribution in [0.4, 0.5) is 4.39 Å². The first-order valence-electron chi connectivity index (χ1n) is 7.50. The highest BCUT2D eigenvalue weighted by Crippen LogP contribution is 2.23. The summed E-state index contributed by atoms with van der Waals surface area (Å²) in [6.07, 6.45) is 0. The summed E-state index contributed by atoms with van der Waals surface area (Å²) in [5, 5.41) is 3.19. The van der Waals surface area contributed by atoms with E-state index in [1.54, 1.807) is 13.8 Å². The molecular weight excluding hydrogens is 323 g/mol. The fraction of sp³-hybridized carbons (Fsp3) is 0.533. The number of rotatable bonds is 4. The standard InChI is InChI=1S/C15H21FN2O4S/c1-4-22-15(19)12-7-13(16)9-14(8-12)23(20,21)18-6-5-17-10(2)11(18)3/h7-11,17H,4-6H2,1-3H3. The number of hydrogen-bond acceptors (Lipinski definition) is 5. The van der Waals surface area contributed by atoms with E-state index in [0.29, 0.717) is 13.1 Å². The quantitative estimate of drug-likeness (QED) is 0.835. The largest absolute Gasteiger partial charge is 0.462 e. The molecule has 1 N–H and O–H groups in total. The lowest BCUT2D eigenvalue weighted by molar-refractivity contribution is 0.0525. The van der Waals surface area contributed by atoms with Gasteiger partial charge >= 0.3 is 5.97 Å². The maximum Gasteiger partial charge on any atom is 0.338 e. The van der Waals surface area contributed by atoms with E-state index in [-0.39, 0.29) is 29.1 Å². The van der Waals surface area contributed by atoms with Gasteiger partial charge in [0.05, 0.1) is 17.1 Å². The van der Waals surface area contributed by atoms with Crippen LogP contribution in [0.5, 0.6) is 0 Å². The molecular formula is C15H21FN2O4S. The molecule has 1 aliphatic rings. The Balaban J connectivity index is 2.41. The second-order valence-corrected chi connectivity index (χ2v) is 7.39. The highest BCUT2D eigenvalue weighted by Gasteiger charge is 2.35. The molecule has 0 saturated carbocycles. The van der Waals surface area contributed by atoms with Crippen molar-refractivity contribution < 1.29 is 22.3 Å². The van der Waals surface area contributed by atoms with Crippen LogP contribution in [0.1, 0.15) is 31.1 Å². The number of benzene rings is 1. The van der Waals surface area contributed by atoms with Gasteiger partial charge in [-0.3, -0.25) is 0 Å². The molecule has 1 saturated heterocycles. The number of carbonyl (C=O) groups is 1. The first-order chi connectivity index (χ1) is 10.8. The molecule has 1 aromatic rings. The molecule has 0 aromatic heterocycles. The highest BCUT2D eigenvalue weighted by molar-refractivity contribution is 7.89. The van der Waals surface area contributed by atoms with Crippen molar-refractivity contribution in [3.05, 3.63) is 29.6 Å². The second kappa shape index (κ2) is 6.94. The zero-order valence-corrected chi connectivity index (χ0v) is 14.2. The fourth-order valence-corrected chi connectivity index (χ4v) is 4.30. The van der Waals surface area contributed by atoms with Crippen molar-refractivity contribution >= 4 is 16.0 Å². The Hall–Kier alpha value is -1.51. The average Bonchev–Trinajstić information content (AvgIpc) is 2.49. The zero-order chi connectivity index (χ0) is 17.2. The minimum Gasteiger partial charge on any atom is -0.462 e. The van der Waals surface area contributed by atoms with Gasteiger partial charge < -0.3 is 10.1 Å². The third-order valence-electron chi connectivity index (χ3n) is 3.97. The van der Waals surface area contributed by atoms with Crippen molar-refractivity contribution in [1.82, 2.24) is 9.62 Å². The Morgan fingerprint density at radius 2 is 2.09 bits per heavy atom. The van der Waals surface area contributed by atoms with Crippen molar-refractivity contribution in [2.45, 2.75) is 37.8 Å². The molecule has 23 heavy (non-hydrogen) atoms. The van der Waals surface area contributed by atoms with Crippen molar-refractivity contribution in [2.24, 2.45) is 0 Å². The van der Waals surface area contributed by atoms with Gasteiger partial charge in [-0.15, -0.1) is 0 Å². The van der Waals surface area contributed by atoms with Gasteiger partial charge in [0.25, 0.3) is 0 Å². The van der Waals surface area contributed by atoms with Gasteiger partial charge in [0.2, 0.25) is 10.0 Å². The molecule has 0 aliphatic carbocycles. The number of nitrogens with one attached hydrogen (secondary N) is 1. The summed E-state index contributed by atoms with van der Waals surface area (Å²) >= 11 is 0. The van der Waals surface area contributed by atoms with Gasteiger partial charge in [-0.2, -0.15) is 4.31 Å². The number of hydrogen-bond donors (Lipinski definition) is 1. The monoisotopic (exact) mass is 344 g/mol. The molecule has 128 valence electrons. The number of sulfonamides is 1. The maximum atomic E-state index is 13.8. The van der Waals surface area contributed by atoms with Crippen LogP contribution in [0.3, 0.4) is 0 Å². The molecule has 0 amide bonds. The van der Waals surface area contributed by atoms with E-state index in [1.165, 1.54) is 4.31 Å². The van der Waals surface area contributed by atoms with Crippen LogP contribution in [-0.2, 0) is 14.8 Å². The fourth-order valence-electron chi connectivity index (χ4n) is 2.54. The third-order valence-corrected chi connectivity index (χ3v) is 5.93. The zero-order valence-electron chi connectivity index (χ0n) is 13.4. The van der Waals surface area contributed by atoms with Crippen molar-refractivity contribution in [3.63, 3.8) is 0 Å². The predicted molar refractivity (Wildman–Crippen MR) is 83.2 cm³/mol. The van der Waals surface area contributed by atoms with Crippen LogP contribution in [-0.4, -0.2) is 50.5 Å². The molecule has 1 aromatic carbocycles. The number of carbonyl (C=O) groups excluding carboxylic acids is 1. The van der Waals surface area contributed by atoms with E-state index in [0.717, 1.165) is 18.2 Å². The molecule has 2 unspecified atom stereocenters. The van der Waals surface area contributed by atoms with E-state index < -0.39 is 21.8 Å². The summed E-state index contributed by atoms with van der Waals surface area (Å²) in [5.41, 5.74) is -0.110. The summed E-state index contributed by atoms with van der Waals surface area (Å²) in [4.78, 5) is 11.5. The van der Waals surface area contributed by atoms with Crippen LogP contribution < -0.4 is 5.32 Å². The normalized spacial score (nSPS) is 22.8. The van der Waals surface area contributed by atoms with Crippen molar-refractivity contribution in [2.75, 3.05) is 19.7 Å². The molecule has 1 fully saturated rings. The summed E-state index contributed by atoms with van der Waals surface area (Å²) in [6.45, 7) is 6.24. The van der Waals surface area contributed by atoms with E-state index >= 15 is 0 Å². The molecule has 2 atom stereocenters. The molecule has 1 aliphatic heterocycles. The molecule has 0 radical (unpaired) electrons. The van der Waals surface area contributed by atoms with Crippen LogP contribution in [0.2, 0.25) is 0 Å². The van der Waals surface area contributed by atoms with Crippen molar-refractivity contribution in [3.8, 4) is 0 Å². The average molecular weight is 344 g/mol. The lowest BCUT2D eigenvalue weighted by Crippen LogP contribution is -2.57. The first-order valence-corrected chi connectivity index (χ1v) is 8.94. The van der Waals surface area contributed by atoms with Gasteiger partial charge in [0.1, 0.15) is 5.82 Å². The van der Waals surface area contributed by atoms with Gasteiger partial charge in [0.15, 0.2) is 0 Å². The maximum absolute atomic E-state index is 13.8. The molecule has 8 heteroatoms. The summed E-state index contributed by atoms with van der Waals surface area (Å²) < 4.78 is 45.6. The smallest absolute Gasteiger partial charge is 0.338 e. The number of nitrogens with zero attached hydrogens (tertiary/aromatic N) is 1. The van der Waals surface area contributed by atoms with E-state index in [4.69, 9.17) is 4.74 Å². The highest BCUT2D eigenvalue weighted by atomic mass is 32.2. The summed E-state index contributed by atoms with van der Waals surface area (Å²) in [6, 6.07) is 2.77. The second-order valence-electron chi connectivity index (χ2n) is 5.50. The van der Waals surface area contributed by atoms with Gasteiger partial charge in [-0.1, -0.05) is 0 Å². The molecule has 6 nitrogen and oxygen atoms in total. The number of piperazine rings is 1. The van der Waals surface area contributed by atoms with Crippen LogP contribution in [0.25, 0.3) is 0 Å². The molecule has 2 rings (SSSR count). The Bertz CT molecular complexity index is 693. The number of ether oxygens (including phenoxy) is 1. The van der Waals surface area contributed by atoms with Crippen LogP contribution >= 0.6 is 0 Å². The Labute approximate surface area is 135 Å². The van der Waals surface area contributed by atoms with Crippen molar-refractivity contribution in [1.29, 1.82) is 0 Å². The SMILES string of the molecule is CCOC(=O)c1cc(F)cc(S(=O)(=O)N2CCNC(C)C2C)c1. The first kappa shape index (κ1) is 17.8. The molecule has 1 heterocycles. The lowest BCUT2D eigenvalue weighted by Gasteiger charge is -2.37. The molecule has 0 bridgehead atoms. The van der Waals surface area contributed by atoms with Gasteiger partial charge in [-0.05, 0) is 39.0 Å². The van der Waals surface area contributed by atoms with E-state index in [1.807, 2.05) is 6.92 Å². The Kier molecular flexibility index (Phi) is 5.38. The van der Waals surface area contributed by atoms with Gasteiger partial charge in [-0.25, -0.2) is 17.6 Å². The predicted octanol–water partition coefficient (Wildman–Crippen LogP) is 1.37. The number of esters is 1. The Morgan fingerprint density at radius 1 is 1.39 bits per heavy atom. The summed E-state index contributed by atoms with van der Waals surface area (Å²) in [5.74, 6) is -1.53. The van der Waals surface area contributed by atoms with Crippen LogP contribution in [0, 0.1) is 5.82 Å². The van der Waals surface area contributed by atoms with E-state index in [2.05, 4.69) is 5.32 Å². The van der Waals surface area contributed by atoms with Crippen LogP contribution in [0.15, 0.2) is 23.1 Å². The topological polar surface area (TPSA) is 75.7 Å². The number of halogens is 1. The summed E-state index contributed by atoms with van der Waals surface area (Å²) in [7, 11) is -3.89. The minimum atomic E-state index is -3.89. The Morgan fingerprint density at radius 3 is 2.74 bits per heavy atom. The lowest BCUT2D eigenvalue weighted by atomic mass is 10.1. The molecule has 0 spiro atoms. The van der Waals surface area contributed by atoms with Gasteiger partial charge in [0, 0.05) is 25.2 Å². The minimum absolute atomic E-state index is 0.0170.